The molecule has 6 rings (SSSR count). The minimum atomic E-state index is -0.547. The maximum absolute atomic E-state index is 13.8. The molecule has 0 radical (unpaired) electrons. The first-order valence-electron chi connectivity index (χ1n) is 17.3. The van der Waals surface area contributed by atoms with E-state index in [1.165, 1.54) is 0 Å². The molecule has 0 saturated heterocycles. The van der Waals surface area contributed by atoms with Crippen LogP contribution in [0.3, 0.4) is 0 Å². The average molecular weight is 676 g/mol. The number of rotatable bonds is 11. The van der Waals surface area contributed by atoms with E-state index in [4.69, 9.17) is 4.74 Å². The average Bonchev–Trinajstić information content (AvgIpc) is 3.77. The van der Waals surface area contributed by atoms with Crippen LogP contribution in [0.1, 0.15) is 64.0 Å². The molecule has 4 aromatic rings. The summed E-state index contributed by atoms with van der Waals surface area (Å²) in [5.74, 6) is 0.147. The van der Waals surface area contributed by atoms with E-state index in [1.54, 1.807) is 0 Å². The van der Waals surface area contributed by atoms with Gasteiger partial charge >= 0.3 is 6.09 Å². The Bertz CT molecular complexity index is 1900. The molecule has 3 aromatic carbocycles. The second-order valence-corrected chi connectivity index (χ2v) is 14.4. The van der Waals surface area contributed by atoms with Crippen LogP contribution in [0, 0.1) is 17.8 Å². The number of azo groups is 1. The molecule has 1 aromatic heterocycles. The molecular weight excluding hydrogens is 630 g/mol. The van der Waals surface area contributed by atoms with Gasteiger partial charge in [0.15, 0.2) is 12.5 Å². The van der Waals surface area contributed by atoms with E-state index >= 15 is 0 Å². The van der Waals surface area contributed by atoms with Gasteiger partial charge < -0.3 is 19.9 Å². The second kappa shape index (κ2) is 15.1. The topological polar surface area (TPSA) is 139 Å². The van der Waals surface area contributed by atoms with Crippen LogP contribution < -0.4 is 10.6 Å². The molecule has 50 heavy (non-hydrogen) atoms. The van der Waals surface area contributed by atoms with Gasteiger partial charge in [-0.3, -0.25) is 9.59 Å². The van der Waals surface area contributed by atoms with Gasteiger partial charge in [0.2, 0.25) is 5.91 Å². The molecule has 2 amide bonds. The normalized spacial score (nSPS) is 18.0. The number of alkyl carbamates (subject to hydrolysis) is 1. The van der Waals surface area contributed by atoms with Crippen LogP contribution in [0.15, 0.2) is 88.3 Å². The third-order valence-corrected chi connectivity index (χ3v) is 9.41. The second-order valence-electron chi connectivity index (χ2n) is 14.4. The fraction of sp³-hybridized carbons (Fsp3) is 0.410. The van der Waals surface area contributed by atoms with E-state index < -0.39 is 17.6 Å². The molecular formula is C39H45N7O4. The lowest BCUT2D eigenvalue weighted by Gasteiger charge is -2.29. The number of hydrogen-bond donors (Lipinski definition) is 2. The van der Waals surface area contributed by atoms with Gasteiger partial charge in [-0.25, -0.2) is 14.8 Å². The van der Waals surface area contributed by atoms with E-state index in [2.05, 4.69) is 55.1 Å². The smallest absolute Gasteiger partial charge is 0.407 e. The molecule has 0 unspecified atom stereocenters. The van der Waals surface area contributed by atoms with Crippen LogP contribution in [0.25, 0.3) is 22.2 Å². The molecule has 1 fully saturated rings. The number of aliphatic imine (C=N–C) groups is 1. The zero-order chi connectivity index (χ0) is 35.3. The van der Waals surface area contributed by atoms with Gasteiger partial charge in [0.25, 0.3) is 0 Å². The molecule has 11 heteroatoms. The fourth-order valence-electron chi connectivity index (χ4n) is 6.65. The standard InChI is InChI=1S/C39H45N7O4/c1-39(2,3)50-38(49)40-22-26-7-11-28(12-8-26)35(47)21-31(37(48)44-32-16-13-29(14-17-32)36-41-23-43-45-36)19-25-5-9-27(10-6-25)30-15-18-33-34(20-30)46(4)24-42-33/h5-6,9-10,13-18,20,24,26,28,31H,7-8,11-12,19,21-23H2,1-4H3,(H,40,49)(H,44,48)/t26?,28?,31-/m1/s1. The summed E-state index contributed by atoms with van der Waals surface area (Å²) in [5.41, 5.74) is 6.07. The molecule has 260 valence electrons. The Kier molecular flexibility index (Phi) is 10.5. The number of anilines is 1. The summed E-state index contributed by atoms with van der Waals surface area (Å²) in [6, 6.07) is 21.8. The molecule has 1 aliphatic carbocycles. The highest BCUT2D eigenvalue weighted by molar-refractivity contribution is 6.01. The van der Waals surface area contributed by atoms with Crippen molar-refractivity contribution in [1.29, 1.82) is 0 Å². The summed E-state index contributed by atoms with van der Waals surface area (Å²) >= 11 is 0. The number of ketones is 1. The van der Waals surface area contributed by atoms with Crippen molar-refractivity contribution in [3.8, 4) is 11.1 Å². The molecule has 0 spiro atoms. The first kappa shape index (κ1) is 34.7. The zero-order valence-corrected chi connectivity index (χ0v) is 29.2. The van der Waals surface area contributed by atoms with Gasteiger partial charge in [0, 0.05) is 43.1 Å². The number of hydrogen-bond acceptors (Lipinski definition) is 8. The Morgan fingerprint density at radius 1 is 0.920 bits per heavy atom. The molecule has 1 aliphatic heterocycles. The van der Waals surface area contributed by atoms with Gasteiger partial charge in [-0.15, -0.1) is 5.11 Å². The summed E-state index contributed by atoms with van der Waals surface area (Å²) in [6.45, 7) is 6.38. The molecule has 11 nitrogen and oxygen atoms in total. The predicted octanol–water partition coefficient (Wildman–Crippen LogP) is 7.50. The third-order valence-electron chi connectivity index (χ3n) is 9.41. The number of Topliss-reactive ketones (excluding diaryl/α,β-unsaturated/α-hetero) is 1. The highest BCUT2D eigenvalue weighted by Crippen LogP contribution is 2.32. The van der Waals surface area contributed by atoms with Crippen molar-refractivity contribution >= 4 is 40.3 Å². The van der Waals surface area contributed by atoms with Crippen LogP contribution in [0.4, 0.5) is 10.5 Å². The number of nitrogens with zero attached hydrogens (tertiary/aromatic N) is 5. The van der Waals surface area contributed by atoms with Crippen molar-refractivity contribution in [1.82, 2.24) is 14.9 Å². The number of imidazole rings is 1. The zero-order valence-electron chi connectivity index (χ0n) is 29.2. The minimum absolute atomic E-state index is 0.104. The number of amides is 2. The Morgan fingerprint density at radius 3 is 2.30 bits per heavy atom. The van der Waals surface area contributed by atoms with Crippen molar-refractivity contribution in [2.24, 2.45) is 40.0 Å². The molecule has 1 saturated carbocycles. The van der Waals surface area contributed by atoms with Gasteiger partial charge in [0.05, 0.1) is 17.4 Å². The van der Waals surface area contributed by atoms with Gasteiger partial charge in [-0.2, -0.15) is 5.11 Å². The lowest BCUT2D eigenvalue weighted by molar-refractivity contribution is -0.129. The number of carbonyl (C=O) groups excluding carboxylic acids is 3. The van der Waals surface area contributed by atoms with E-state index in [1.807, 2.05) is 81.2 Å². The number of aryl methyl sites for hydroxylation is 1. The third kappa shape index (κ3) is 8.88. The van der Waals surface area contributed by atoms with Gasteiger partial charge in [0.1, 0.15) is 11.4 Å². The Hall–Kier alpha value is -5.19. The summed E-state index contributed by atoms with van der Waals surface area (Å²) in [6.07, 6.45) is 5.15. The Balaban J connectivity index is 1.11. The number of carbonyl (C=O) groups is 3. The highest BCUT2D eigenvalue weighted by atomic mass is 16.6. The largest absolute Gasteiger partial charge is 0.444 e. The Labute approximate surface area is 292 Å². The van der Waals surface area contributed by atoms with Crippen LogP contribution in [0.2, 0.25) is 0 Å². The number of fused-ring (bicyclic) bond motifs is 1. The van der Waals surface area contributed by atoms with Crippen LogP contribution in [-0.4, -0.2) is 52.0 Å². The number of nitrogens with one attached hydrogen (secondary N) is 2. The lowest BCUT2D eigenvalue weighted by Crippen LogP contribution is -2.37. The fourth-order valence-corrected chi connectivity index (χ4v) is 6.65. The van der Waals surface area contributed by atoms with E-state index in [-0.39, 0.29) is 24.0 Å². The Morgan fingerprint density at radius 2 is 1.62 bits per heavy atom. The first-order valence-corrected chi connectivity index (χ1v) is 17.3. The van der Waals surface area contributed by atoms with Crippen molar-refractivity contribution < 1.29 is 19.1 Å². The molecule has 2 heterocycles. The van der Waals surface area contributed by atoms with Crippen molar-refractivity contribution in [3.05, 3.63) is 84.2 Å². The monoisotopic (exact) mass is 675 g/mol. The van der Waals surface area contributed by atoms with Crippen LogP contribution in [0.5, 0.6) is 0 Å². The number of ether oxygens (including phenoxy) is 1. The van der Waals surface area contributed by atoms with Gasteiger partial charge in [-0.05, 0) is 112 Å². The maximum atomic E-state index is 13.8. The summed E-state index contributed by atoms with van der Waals surface area (Å²) in [5, 5.41) is 13.9. The van der Waals surface area contributed by atoms with Crippen molar-refractivity contribution in [2.45, 2.75) is 64.9 Å². The molecule has 2 N–H and O–H groups in total. The number of amidine groups is 1. The molecule has 1 atom stereocenters. The molecule has 2 aliphatic rings. The van der Waals surface area contributed by atoms with Crippen LogP contribution >= 0.6 is 0 Å². The maximum Gasteiger partial charge on any atom is 0.407 e. The summed E-state index contributed by atoms with van der Waals surface area (Å²) in [4.78, 5) is 48.3. The summed E-state index contributed by atoms with van der Waals surface area (Å²) < 4.78 is 7.36. The first-order chi connectivity index (χ1) is 24.0. The quantitative estimate of drug-likeness (QED) is 0.170. The summed E-state index contributed by atoms with van der Waals surface area (Å²) in [7, 11) is 1.98. The lowest BCUT2D eigenvalue weighted by atomic mass is 9.77. The SMILES string of the molecule is Cn1cnc2ccc(-c3ccc(C[C@H](CC(=O)C4CCC(CNC(=O)OC(C)(C)C)CC4)C(=O)Nc4ccc(C5=NCN=N5)cc4)cc3)cc21. The van der Waals surface area contributed by atoms with E-state index in [9.17, 15) is 14.4 Å². The highest BCUT2D eigenvalue weighted by Gasteiger charge is 2.31. The van der Waals surface area contributed by atoms with Crippen LogP contribution in [-0.2, 0) is 27.8 Å². The minimum Gasteiger partial charge on any atom is -0.444 e. The predicted molar refractivity (Wildman–Crippen MR) is 194 cm³/mol. The van der Waals surface area contributed by atoms with Crippen molar-refractivity contribution in [3.63, 3.8) is 0 Å². The van der Waals surface area contributed by atoms with Gasteiger partial charge in [-0.1, -0.05) is 30.3 Å². The number of benzene rings is 3. The number of aromatic nitrogens is 2. The van der Waals surface area contributed by atoms with Crippen molar-refractivity contribution in [2.75, 3.05) is 18.5 Å². The van der Waals surface area contributed by atoms with E-state index in [0.29, 0.717) is 37.1 Å². The molecule has 0 bridgehead atoms. The van der Waals surface area contributed by atoms with E-state index in [0.717, 1.165) is 59.0 Å².